The minimum atomic E-state index is 0.0458. The van der Waals surface area contributed by atoms with Crippen molar-refractivity contribution in [3.63, 3.8) is 0 Å². The summed E-state index contributed by atoms with van der Waals surface area (Å²) in [7, 11) is 3.36. The smallest absolute Gasteiger partial charge is 0.123 e. The van der Waals surface area contributed by atoms with Crippen LogP contribution in [-0.2, 0) is 0 Å². The van der Waals surface area contributed by atoms with Crippen LogP contribution in [0, 0.1) is 6.92 Å². The number of hydrogen-bond donors (Lipinski definition) is 0. The summed E-state index contributed by atoms with van der Waals surface area (Å²) >= 11 is 7.33. The summed E-state index contributed by atoms with van der Waals surface area (Å²) in [5, 5.41) is 0. The van der Waals surface area contributed by atoms with Crippen molar-refractivity contribution in [1.82, 2.24) is 0 Å². The molecule has 20 heavy (non-hydrogen) atoms. The summed E-state index contributed by atoms with van der Waals surface area (Å²) in [5.74, 6) is 1.72. The Morgan fingerprint density at radius 3 is 2.45 bits per heavy atom. The molecule has 0 radical (unpaired) electrons. The summed E-state index contributed by atoms with van der Waals surface area (Å²) < 4.78 is 11.8. The second-order valence-corrected chi connectivity index (χ2v) is 6.25. The molecule has 0 N–H and O–H groups in total. The first-order valence-corrected chi connectivity index (χ1v) is 7.89. The molecule has 0 bridgehead atoms. The third-order valence-electron chi connectivity index (χ3n) is 3.17. The van der Waals surface area contributed by atoms with Gasteiger partial charge in [-0.05, 0) is 42.3 Å². The van der Waals surface area contributed by atoms with E-state index in [9.17, 15) is 0 Å². The third-order valence-corrected chi connectivity index (χ3v) is 5.05. The summed E-state index contributed by atoms with van der Waals surface area (Å²) in [4.78, 5) is 0.0458. The van der Waals surface area contributed by atoms with E-state index in [1.165, 1.54) is 0 Å². The van der Waals surface area contributed by atoms with Crippen LogP contribution in [0.25, 0.3) is 0 Å². The van der Waals surface area contributed by atoms with Gasteiger partial charge in [-0.1, -0.05) is 44.0 Å². The monoisotopic (exact) mass is 398 g/mol. The van der Waals surface area contributed by atoms with Crippen molar-refractivity contribution in [2.24, 2.45) is 0 Å². The number of aryl methyl sites for hydroxylation is 1. The van der Waals surface area contributed by atoms with E-state index >= 15 is 0 Å². The zero-order valence-electron chi connectivity index (χ0n) is 11.6. The van der Waals surface area contributed by atoms with Gasteiger partial charge in [-0.25, -0.2) is 0 Å². The zero-order valence-corrected chi connectivity index (χ0v) is 14.8. The Bertz CT molecular complexity index is 611. The lowest BCUT2D eigenvalue weighted by atomic mass is 10.0. The Morgan fingerprint density at radius 2 is 1.80 bits per heavy atom. The second kappa shape index (κ2) is 6.64. The van der Waals surface area contributed by atoms with Gasteiger partial charge in [0.2, 0.25) is 0 Å². The fourth-order valence-electron chi connectivity index (χ4n) is 2.02. The predicted molar refractivity (Wildman–Crippen MR) is 89.2 cm³/mol. The molecule has 0 amide bonds. The molecule has 0 spiro atoms. The third kappa shape index (κ3) is 3.18. The molecule has 0 saturated carbocycles. The molecule has 0 aliphatic rings. The number of alkyl halides is 1. The molecule has 0 saturated heterocycles. The van der Waals surface area contributed by atoms with Crippen molar-refractivity contribution < 1.29 is 9.47 Å². The molecule has 0 aromatic heterocycles. The first kappa shape index (κ1) is 15.4. The maximum absolute atomic E-state index is 5.50. The average Bonchev–Trinajstić information content (AvgIpc) is 2.48. The van der Waals surface area contributed by atoms with E-state index in [0.29, 0.717) is 0 Å². The highest BCUT2D eigenvalue weighted by Crippen LogP contribution is 2.40. The highest BCUT2D eigenvalue weighted by molar-refractivity contribution is 9.10. The first-order chi connectivity index (χ1) is 9.56. The molecule has 0 heterocycles. The van der Waals surface area contributed by atoms with Crippen molar-refractivity contribution in [3.05, 3.63) is 57.6 Å². The van der Waals surface area contributed by atoms with Crippen LogP contribution in [-0.4, -0.2) is 14.2 Å². The number of halogens is 2. The van der Waals surface area contributed by atoms with Gasteiger partial charge >= 0.3 is 0 Å². The summed E-state index contributed by atoms with van der Waals surface area (Å²) in [5.41, 5.74) is 3.35. The van der Waals surface area contributed by atoms with Crippen LogP contribution in [0.3, 0.4) is 0 Å². The van der Waals surface area contributed by atoms with Crippen LogP contribution in [0.5, 0.6) is 11.5 Å². The normalized spacial score (nSPS) is 12.1. The molecule has 0 fully saturated rings. The van der Waals surface area contributed by atoms with Crippen LogP contribution >= 0.6 is 31.9 Å². The Balaban J connectivity index is 2.46. The van der Waals surface area contributed by atoms with E-state index in [0.717, 1.165) is 32.7 Å². The van der Waals surface area contributed by atoms with Gasteiger partial charge in [-0.3, -0.25) is 0 Å². The Hall–Kier alpha value is -1.00. The molecule has 1 atom stereocenters. The van der Waals surface area contributed by atoms with Crippen LogP contribution in [0.1, 0.15) is 21.5 Å². The van der Waals surface area contributed by atoms with Gasteiger partial charge in [0.05, 0.1) is 19.0 Å². The summed E-state index contributed by atoms with van der Waals surface area (Å²) in [6, 6.07) is 12.1. The average molecular weight is 400 g/mol. The number of methoxy groups -OCH3 is 2. The summed E-state index contributed by atoms with van der Waals surface area (Å²) in [6.45, 7) is 2.05. The van der Waals surface area contributed by atoms with Crippen molar-refractivity contribution in [1.29, 1.82) is 0 Å². The van der Waals surface area contributed by atoms with E-state index in [4.69, 9.17) is 9.47 Å². The Morgan fingerprint density at radius 1 is 1.05 bits per heavy atom. The quantitative estimate of drug-likeness (QED) is 0.653. The van der Waals surface area contributed by atoms with Crippen LogP contribution in [0.2, 0.25) is 0 Å². The zero-order chi connectivity index (χ0) is 14.7. The van der Waals surface area contributed by atoms with E-state index < -0.39 is 0 Å². The van der Waals surface area contributed by atoms with Crippen molar-refractivity contribution >= 4 is 31.9 Å². The minimum Gasteiger partial charge on any atom is -0.497 e. The van der Waals surface area contributed by atoms with Crippen molar-refractivity contribution in [3.8, 4) is 11.5 Å². The number of hydrogen-bond acceptors (Lipinski definition) is 2. The topological polar surface area (TPSA) is 18.5 Å². The molecule has 4 heteroatoms. The van der Waals surface area contributed by atoms with Crippen LogP contribution < -0.4 is 9.47 Å². The van der Waals surface area contributed by atoms with E-state index in [1.54, 1.807) is 14.2 Å². The largest absolute Gasteiger partial charge is 0.497 e. The van der Waals surface area contributed by atoms with Gasteiger partial charge in [0, 0.05) is 10.0 Å². The molecular weight excluding hydrogens is 384 g/mol. The fraction of sp³-hybridized carbons (Fsp3) is 0.250. The van der Waals surface area contributed by atoms with Crippen molar-refractivity contribution in [2.75, 3.05) is 14.2 Å². The molecule has 106 valence electrons. The molecule has 2 aromatic carbocycles. The molecule has 2 aromatic rings. The lowest BCUT2D eigenvalue weighted by Gasteiger charge is -2.17. The maximum atomic E-state index is 5.50. The van der Waals surface area contributed by atoms with Gasteiger partial charge < -0.3 is 9.47 Å². The number of benzene rings is 2. The highest BCUT2D eigenvalue weighted by Gasteiger charge is 2.17. The van der Waals surface area contributed by atoms with Gasteiger partial charge in [-0.15, -0.1) is 0 Å². The van der Waals surface area contributed by atoms with Gasteiger partial charge in [0.15, 0.2) is 0 Å². The lowest BCUT2D eigenvalue weighted by molar-refractivity contribution is 0.409. The second-order valence-electron chi connectivity index (χ2n) is 4.48. The fourth-order valence-corrected chi connectivity index (χ4v) is 3.03. The van der Waals surface area contributed by atoms with Gasteiger partial charge in [0.25, 0.3) is 0 Å². The SMILES string of the molecule is COc1cccc(C(Br)c2cc(Br)c(C)cc2OC)c1. The summed E-state index contributed by atoms with van der Waals surface area (Å²) in [6.07, 6.45) is 0. The molecular formula is C16H16Br2O2. The number of rotatable bonds is 4. The standard InChI is InChI=1S/C16H16Br2O2/c1-10-7-15(20-3)13(9-14(10)17)16(18)11-5-4-6-12(8-11)19-2/h4-9,16H,1-3H3. The van der Waals surface area contributed by atoms with E-state index in [1.807, 2.05) is 31.2 Å². The maximum Gasteiger partial charge on any atom is 0.123 e. The minimum absolute atomic E-state index is 0.0458. The lowest BCUT2D eigenvalue weighted by Crippen LogP contribution is -1.99. The first-order valence-electron chi connectivity index (χ1n) is 6.19. The van der Waals surface area contributed by atoms with Crippen LogP contribution in [0.4, 0.5) is 0 Å². The number of ether oxygens (including phenoxy) is 2. The van der Waals surface area contributed by atoms with Gasteiger partial charge in [0.1, 0.15) is 11.5 Å². The van der Waals surface area contributed by atoms with E-state index in [2.05, 4.69) is 44.0 Å². The highest BCUT2D eigenvalue weighted by atomic mass is 79.9. The van der Waals surface area contributed by atoms with Gasteiger partial charge in [-0.2, -0.15) is 0 Å². The van der Waals surface area contributed by atoms with E-state index in [-0.39, 0.29) is 4.83 Å². The Kier molecular flexibility index (Phi) is 5.11. The molecule has 1 unspecified atom stereocenters. The Labute approximate surface area is 136 Å². The molecule has 2 rings (SSSR count). The van der Waals surface area contributed by atoms with Crippen molar-refractivity contribution in [2.45, 2.75) is 11.8 Å². The predicted octanol–water partition coefficient (Wildman–Crippen LogP) is 5.26. The van der Waals surface area contributed by atoms with Crippen LogP contribution in [0.15, 0.2) is 40.9 Å². The molecule has 0 aliphatic heterocycles. The molecule has 2 nitrogen and oxygen atoms in total. The molecule has 0 aliphatic carbocycles.